The third-order valence-electron chi connectivity index (χ3n) is 8.15. The Hall–Kier alpha value is -2.17. The van der Waals surface area contributed by atoms with E-state index in [1.165, 1.54) is 12.2 Å². The van der Waals surface area contributed by atoms with Gasteiger partial charge < -0.3 is 8.61 Å². The van der Waals surface area contributed by atoms with E-state index in [4.69, 9.17) is 4.43 Å². The average Bonchev–Trinajstić information content (AvgIpc) is 3.12. The van der Waals surface area contributed by atoms with Crippen molar-refractivity contribution in [3.05, 3.63) is 66.2 Å². The number of fused-ring (bicyclic) bond motifs is 2. The van der Waals surface area contributed by atoms with Gasteiger partial charge in [0.05, 0.1) is 6.10 Å². The Balaban J connectivity index is 1.76. The summed E-state index contributed by atoms with van der Waals surface area (Å²) in [5.74, 6) is -0.628. The van der Waals surface area contributed by atoms with E-state index in [-0.39, 0.29) is 23.7 Å². The highest BCUT2D eigenvalue weighted by molar-refractivity contribution is 7.87. The van der Waals surface area contributed by atoms with Crippen LogP contribution >= 0.6 is 0 Å². The van der Waals surface area contributed by atoms with Gasteiger partial charge in [-0.1, -0.05) is 45.9 Å². The number of pyridine rings is 1. The number of nitrogens with zero attached hydrogens (tertiary/aromatic N) is 1. The largest absolute Gasteiger partial charge is 0.534 e. The molecule has 36 heavy (non-hydrogen) atoms. The van der Waals surface area contributed by atoms with Crippen LogP contribution in [0.2, 0.25) is 18.1 Å². The summed E-state index contributed by atoms with van der Waals surface area (Å²) in [7, 11) is -7.76. The summed E-state index contributed by atoms with van der Waals surface area (Å²) in [6.45, 7) is 8.54. The summed E-state index contributed by atoms with van der Waals surface area (Å²) in [6.07, 6.45) is 8.63. The summed E-state index contributed by atoms with van der Waals surface area (Å²) < 4.78 is 73.5. The molecule has 0 amide bonds. The first-order valence-corrected chi connectivity index (χ1v) is 16.2. The third-order valence-corrected chi connectivity index (χ3v) is 13.8. The van der Waals surface area contributed by atoms with Crippen LogP contribution in [0, 0.1) is 11.3 Å². The first-order valence-electron chi connectivity index (χ1n) is 12.3. The van der Waals surface area contributed by atoms with Crippen molar-refractivity contribution in [2.45, 2.75) is 69.8 Å². The van der Waals surface area contributed by atoms with Crippen LogP contribution in [0.25, 0.3) is 10.8 Å². The summed E-state index contributed by atoms with van der Waals surface area (Å²) in [5.41, 5.74) is -4.91. The predicted molar refractivity (Wildman–Crippen MR) is 136 cm³/mol. The van der Waals surface area contributed by atoms with Gasteiger partial charge in [-0.05, 0) is 65.7 Å². The number of hydrogen-bond acceptors (Lipinski definition) is 5. The SMILES string of the molecule is CC[Si](CC)(CC)OC1CC2C=C(OS(=O)(=O)C(F)(F)F)C=CC2(C)C1c1ccc2ccncc2c1. The maximum atomic E-state index is 12.9. The Bertz CT molecular complexity index is 1280. The Kier molecular flexibility index (Phi) is 7.17. The van der Waals surface area contributed by atoms with E-state index in [9.17, 15) is 21.6 Å². The van der Waals surface area contributed by atoms with E-state index in [0.29, 0.717) is 6.42 Å². The van der Waals surface area contributed by atoms with Crippen LogP contribution in [-0.2, 0) is 18.7 Å². The summed E-state index contributed by atoms with van der Waals surface area (Å²) in [5, 5.41) is 2.07. The molecule has 196 valence electrons. The van der Waals surface area contributed by atoms with Crippen molar-refractivity contribution in [1.82, 2.24) is 4.98 Å². The van der Waals surface area contributed by atoms with Crippen molar-refractivity contribution in [3.8, 4) is 0 Å². The molecule has 0 radical (unpaired) electrons. The van der Waals surface area contributed by atoms with Crippen LogP contribution in [0.5, 0.6) is 0 Å². The topological polar surface area (TPSA) is 65.5 Å². The highest BCUT2D eigenvalue weighted by Crippen LogP contribution is 2.58. The quantitative estimate of drug-likeness (QED) is 0.204. The molecule has 5 nitrogen and oxygen atoms in total. The first kappa shape index (κ1) is 26.9. The molecule has 4 rings (SSSR count). The molecule has 1 aromatic carbocycles. The average molecular weight is 540 g/mol. The number of hydrogen-bond donors (Lipinski definition) is 0. The van der Waals surface area contributed by atoms with Gasteiger partial charge in [-0.2, -0.15) is 21.6 Å². The highest BCUT2D eigenvalue weighted by Gasteiger charge is 2.55. The van der Waals surface area contributed by atoms with Gasteiger partial charge in [-0.25, -0.2) is 0 Å². The monoisotopic (exact) mass is 539 g/mol. The maximum absolute atomic E-state index is 12.9. The number of alkyl halides is 3. The molecular weight excluding hydrogens is 507 g/mol. The molecule has 1 heterocycles. The fourth-order valence-electron chi connectivity index (χ4n) is 5.80. The minimum absolute atomic E-state index is 0.0723. The van der Waals surface area contributed by atoms with E-state index in [1.807, 2.05) is 12.3 Å². The van der Waals surface area contributed by atoms with Crippen LogP contribution in [0.3, 0.4) is 0 Å². The second-order valence-corrected chi connectivity index (χ2v) is 16.2. The van der Waals surface area contributed by atoms with Crippen LogP contribution in [-0.4, -0.2) is 33.3 Å². The zero-order valence-corrected chi connectivity index (χ0v) is 22.7. The van der Waals surface area contributed by atoms with Gasteiger partial charge in [-0.15, -0.1) is 0 Å². The number of allylic oxidation sites excluding steroid dienone is 3. The van der Waals surface area contributed by atoms with Gasteiger partial charge in [0.15, 0.2) is 8.32 Å². The molecule has 4 atom stereocenters. The molecule has 2 aliphatic carbocycles. The summed E-state index contributed by atoms with van der Waals surface area (Å²) in [6, 6.07) is 11.1. The molecule has 1 saturated carbocycles. The molecule has 0 bridgehead atoms. The van der Waals surface area contributed by atoms with Gasteiger partial charge in [-0.3, -0.25) is 4.98 Å². The van der Waals surface area contributed by atoms with Crippen molar-refractivity contribution in [2.24, 2.45) is 11.3 Å². The molecule has 0 aliphatic heterocycles. The second kappa shape index (κ2) is 9.61. The van der Waals surface area contributed by atoms with Crippen molar-refractivity contribution in [1.29, 1.82) is 0 Å². The molecular formula is C26H32F3NO4SSi. The lowest BCUT2D eigenvalue weighted by Gasteiger charge is -2.39. The second-order valence-electron chi connectivity index (χ2n) is 9.95. The first-order chi connectivity index (χ1) is 16.9. The molecule has 0 spiro atoms. The molecule has 0 saturated heterocycles. The smallest absolute Gasteiger partial charge is 0.413 e. The standard InChI is InChI=1S/C26H32F3NO4SSi/c1-5-36(6-2,7-3)34-23-16-21-15-22(33-35(31,32)26(27,28)29)10-12-25(21,4)24(23)19-9-8-18-11-13-30-17-20(18)14-19/h8-15,17,21,23-24H,5-7,16H2,1-4H3. The third kappa shape index (κ3) is 4.75. The lowest BCUT2D eigenvalue weighted by Crippen LogP contribution is -2.41. The lowest BCUT2D eigenvalue weighted by atomic mass is 9.68. The number of aromatic nitrogens is 1. The number of rotatable bonds is 8. The van der Waals surface area contributed by atoms with E-state index >= 15 is 0 Å². The van der Waals surface area contributed by atoms with Crippen LogP contribution in [0.4, 0.5) is 13.2 Å². The molecule has 1 fully saturated rings. The predicted octanol–water partition coefficient (Wildman–Crippen LogP) is 7.05. The van der Waals surface area contributed by atoms with Gasteiger partial charge in [0, 0.05) is 29.1 Å². The van der Waals surface area contributed by atoms with Crippen molar-refractivity contribution >= 4 is 29.2 Å². The summed E-state index contributed by atoms with van der Waals surface area (Å²) >= 11 is 0. The van der Waals surface area contributed by atoms with Crippen LogP contribution in [0.15, 0.2) is 60.6 Å². The van der Waals surface area contributed by atoms with E-state index < -0.39 is 29.4 Å². The normalized spacial score (nSPS) is 26.6. The zero-order valence-electron chi connectivity index (χ0n) is 20.9. The minimum atomic E-state index is -5.74. The Labute approximate surface area is 211 Å². The Morgan fingerprint density at radius 3 is 2.44 bits per heavy atom. The van der Waals surface area contributed by atoms with Gasteiger partial charge in [0.25, 0.3) is 0 Å². The van der Waals surface area contributed by atoms with Crippen molar-refractivity contribution < 1.29 is 30.2 Å². The van der Waals surface area contributed by atoms with Crippen molar-refractivity contribution in [3.63, 3.8) is 0 Å². The van der Waals surface area contributed by atoms with Crippen LogP contribution in [0.1, 0.15) is 45.6 Å². The van der Waals surface area contributed by atoms with Gasteiger partial charge in [0.2, 0.25) is 0 Å². The Morgan fingerprint density at radius 1 is 1.11 bits per heavy atom. The van der Waals surface area contributed by atoms with E-state index in [0.717, 1.165) is 34.5 Å². The summed E-state index contributed by atoms with van der Waals surface area (Å²) in [4.78, 5) is 4.25. The maximum Gasteiger partial charge on any atom is 0.534 e. The van der Waals surface area contributed by atoms with Crippen LogP contribution < -0.4 is 0 Å². The highest BCUT2D eigenvalue weighted by atomic mass is 32.2. The molecule has 2 aromatic rings. The van der Waals surface area contributed by atoms with Gasteiger partial charge >= 0.3 is 15.6 Å². The molecule has 10 heteroatoms. The Morgan fingerprint density at radius 2 is 1.81 bits per heavy atom. The minimum Gasteiger partial charge on any atom is -0.413 e. The fourth-order valence-corrected chi connectivity index (χ4v) is 9.13. The molecule has 1 aromatic heterocycles. The van der Waals surface area contributed by atoms with E-state index in [2.05, 4.69) is 55.1 Å². The number of halogens is 3. The molecule has 2 aliphatic rings. The van der Waals surface area contributed by atoms with Gasteiger partial charge in [0.1, 0.15) is 5.76 Å². The zero-order chi connectivity index (χ0) is 26.4. The van der Waals surface area contributed by atoms with E-state index in [1.54, 1.807) is 12.3 Å². The lowest BCUT2D eigenvalue weighted by molar-refractivity contribution is -0.0520. The molecule has 0 N–H and O–H groups in total. The fraction of sp³-hybridized carbons (Fsp3) is 0.500. The van der Waals surface area contributed by atoms with Crippen molar-refractivity contribution in [2.75, 3.05) is 0 Å². The number of benzene rings is 1. The molecule has 4 unspecified atom stereocenters.